The molecular weight excluding hydrogens is 246 g/mol. The molecule has 7 heteroatoms. The van der Waals surface area contributed by atoms with Crippen LogP contribution in [0.25, 0.3) is 0 Å². The molecule has 0 aliphatic carbocycles. The molecule has 1 atom stereocenters. The standard InChI is InChI=1S/C10H13NO5S/c1-7(10(12)13)11-17(14,15)9-6-4-3-5-8(9)16-2/h3-7,11H,1-2H3,(H,12,13)/t7-/m1/s1. The summed E-state index contributed by atoms with van der Waals surface area (Å²) in [5.41, 5.74) is 0. The number of hydrogen-bond donors (Lipinski definition) is 2. The van der Waals surface area contributed by atoms with Crippen LogP contribution in [0, 0.1) is 0 Å². The van der Waals surface area contributed by atoms with Gasteiger partial charge in [-0.25, -0.2) is 8.42 Å². The summed E-state index contributed by atoms with van der Waals surface area (Å²) < 4.78 is 30.7. The molecule has 0 unspecified atom stereocenters. The lowest BCUT2D eigenvalue weighted by atomic mass is 10.3. The minimum Gasteiger partial charge on any atom is -0.495 e. The lowest BCUT2D eigenvalue weighted by molar-refractivity contribution is -0.138. The molecule has 2 N–H and O–H groups in total. The highest BCUT2D eigenvalue weighted by Crippen LogP contribution is 2.22. The first-order valence-corrected chi connectivity index (χ1v) is 6.25. The van der Waals surface area contributed by atoms with Crippen LogP contribution in [0.5, 0.6) is 5.75 Å². The van der Waals surface area contributed by atoms with E-state index in [-0.39, 0.29) is 10.6 Å². The normalized spacial score (nSPS) is 13.1. The third-order valence-corrected chi connectivity index (χ3v) is 3.64. The summed E-state index contributed by atoms with van der Waals surface area (Å²) in [5, 5.41) is 8.66. The summed E-state index contributed by atoms with van der Waals surface area (Å²) >= 11 is 0. The van der Waals surface area contributed by atoms with Gasteiger partial charge >= 0.3 is 5.97 Å². The van der Waals surface area contributed by atoms with Gasteiger partial charge in [0.25, 0.3) is 0 Å². The second kappa shape index (κ2) is 5.15. The van der Waals surface area contributed by atoms with Crippen LogP contribution in [0.4, 0.5) is 0 Å². The molecule has 0 radical (unpaired) electrons. The molecule has 6 nitrogen and oxygen atoms in total. The maximum Gasteiger partial charge on any atom is 0.321 e. The highest BCUT2D eigenvalue weighted by atomic mass is 32.2. The minimum absolute atomic E-state index is 0.0874. The fourth-order valence-corrected chi connectivity index (χ4v) is 2.55. The lowest BCUT2D eigenvalue weighted by Crippen LogP contribution is -2.38. The largest absolute Gasteiger partial charge is 0.495 e. The Kier molecular flexibility index (Phi) is 4.08. The molecule has 0 amide bonds. The zero-order valence-corrected chi connectivity index (χ0v) is 10.2. The minimum atomic E-state index is -3.90. The highest BCUT2D eigenvalue weighted by Gasteiger charge is 2.24. The van der Waals surface area contributed by atoms with E-state index in [1.807, 2.05) is 4.72 Å². The van der Waals surface area contributed by atoms with Gasteiger partial charge in [0, 0.05) is 0 Å². The van der Waals surface area contributed by atoms with Gasteiger partial charge in [-0.05, 0) is 19.1 Å². The quantitative estimate of drug-likeness (QED) is 0.800. The van der Waals surface area contributed by atoms with E-state index in [0.29, 0.717) is 0 Å². The van der Waals surface area contributed by atoms with Gasteiger partial charge in [-0.3, -0.25) is 4.79 Å². The number of rotatable bonds is 5. The number of hydrogen-bond acceptors (Lipinski definition) is 4. The molecule has 0 fully saturated rings. The molecule has 17 heavy (non-hydrogen) atoms. The topological polar surface area (TPSA) is 92.7 Å². The van der Waals surface area contributed by atoms with Crippen molar-refractivity contribution in [2.45, 2.75) is 17.9 Å². The maximum absolute atomic E-state index is 11.9. The number of carbonyl (C=O) groups is 1. The Labute approximate surface area is 99.3 Å². The molecule has 0 saturated heterocycles. The van der Waals surface area contributed by atoms with Crippen molar-refractivity contribution < 1.29 is 23.1 Å². The van der Waals surface area contributed by atoms with Crippen molar-refractivity contribution in [2.75, 3.05) is 7.11 Å². The predicted octanol–water partition coefficient (Wildman–Crippen LogP) is 0.447. The van der Waals surface area contributed by atoms with E-state index in [4.69, 9.17) is 9.84 Å². The molecular formula is C10H13NO5S. The first-order valence-electron chi connectivity index (χ1n) is 4.76. The highest BCUT2D eigenvalue weighted by molar-refractivity contribution is 7.89. The molecule has 0 spiro atoms. The maximum atomic E-state index is 11.9. The monoisotopic (exact) mass is 259 g/mol. The SMILES string of the molecule is COc1ccccc1S(=O)(=O)N[C@H](C)C(=O)O. The van der Waals surface area contributed by atoms with Gasteiger partial charge in [-0.15, -0.1) is 0 Å². The summed E-state index contributed by atoms with van der Waals surface area (Å²) in [6.45, 7) is 1.25. The Hall–Kier alpha value is -1.60. The van der Waals surface area contributed by atoms with Crippen molar-refractivity contribution in [2.24, 2.45) is 0 Å². The van der Waals surface area contributed by atoms with E-state index in [9.17, 15) is 13.2 Å². The molecule has 1 rings (SSSR count). The molecule has 0 aliphatic heterocycles. The van der Waals surface area contributed by atoms with Gasteiger partial charge in [0.1, 0.15) is 16.7 Å². The summed E-state index contributed by atoms with van der Waals surface area (Å²) in [7, 11) is -2.56. The van der Waals surface area contributed by atoms with Gasteiger partial charge in [0.2, 0.25) is 10.0 Å². The van der Waals surface area contributed by atoms with Crippen molar-refractivity contribution in [3.8, 4) is 5.75 Å². The van der Waals surface area contributed by atoms with E-state index < -0.39 is 22.0 Å². The van der Waals surface area contributed by atoms with Gasteiger partial charge in [0.05, 0.1) is 7.11 Å². The van der Waals surface area contributed by atoms with Crippen LogP contribution in [0.3, 0.4) is 0 Å². The Morgan fingerprint density at radius 3 is 2.53 bits per heavy atom. The molecule has 94 valence electrons. The zero-order chi connectivity index (χ0) is 13.1. The second-order valence-corrected chi connectivity index (χ2v) is 5.01. The van der Waals surface area contributed by atoms with E-state index in [0.717, 1.165) is 0 Å². The first kappa shape index (κ1) is 13.5. The fraction of sp³-hybridized carbons (Fsp3) is 0.300. The van der Waals surface area contributed by atoms with Crippen LogP contribution in [-0.4, -0.2) is 32.6 Å². The third-order valence-electron chi connectivity index (χ3n) is 2.06. The van der Waals surface area contributed by atoms with Crippen molar-refractivity contribution in [1.29, 1.82) is 0 Å². The van der Waals surface area contributed by atoms with Crippen molar-refractivity contribution >= 4 is 16.0 Å². The van der Waals surface area contributed by atoms with Crippen molar-refractivity contribution in [1.82, 2.24) is 4.72 Å². The number of ether oxygens (including phenoxy) is 1. The zero-order valence-electron chi connectivity index (χ0n) is 9.38. The summed E-state index contributed by atoms with van der Waals surface area (Å²) in [4.78, 5) is 10.5. The van der Waals surface area contributed by atoms with Gasteiger partial charge in [-0.2, -0.15) is 4.72 Å². The number of nitrogens with one attached hydrogen (secondary N) is 1. The number of carboxylic acids is 1. The molecule has 0 aromatic heterocycles. The molecule has 0 saturated carbocycles. The van der Waals surface area contributed by atoms with Crippen LogP contribution >= 0.6 is 0 Å². The molecule has 0 aliphatic rings. The van der Waals surface area contributed by atoms with Gasteiger partial charge < -0.3 is 9.84 Å². The predicted molar refractivity (Wildman–Crippen MR) is 60.4 cm³/mol. The van der Waals surface area contributed by atoms with E-state index in [2.05, 4.69) is 0 Å². The third kappa shape index (κ3) is 3.18. The second-order valence-electron chi connectivity index (χ2n) is 3.33. The van der Waals surface area contributed by atoms with Gasteiger partial charge in [0.15, 0.2) is 0 Å². The number of sulfonamides is 1. The number of carboxylic acid groups (broad SMARTS) is 1. The average molecular weight is 259 g/mol. The summed E-state index contributed by atoms with van der Waals surface area (Å²) in [5.74, 6) is -1.08. The van der Waals surface area contributed by atoms with Crippen molar-refractivity contribution in [3.05, 3.63) is 24.3 Å². The Bertz CT molecular complexity index is 511. The van der Waals surface area contributed by atoms with Crippen LogP contribution in [-0.2, 0) is 14.8 Å². The fourth-order valence-electron chi connectivity index (χ4n) is 1.19. The number of benzene rings is 1. The molecule has 1 aromatic rings. The van der Waals surface area contributed by atoms with Gasteiger partial charge in [-0.1, -0.05) is 12.1 Å². The number of para-hydroxylation sites is 1. The van der Waals surface area contributed by atoms with Crippen LogP contribution < -0.4 is 9.46 Å². The average Bonchev–Trinajstić information content (AvgIpc) is 2.28. The van der Waals surface area contributed by atoms with Crippen LogP contribution in [0.15, 0.2) is 29.2 Å². The Morgan fingerprint density at radius 2 is 2.00 bits per heavy atom. The van der Waals surface area contributed by atoms with E-state index in [1.165, 1.54) is 32.2 Å². The Morgan fingerprint density at radius 1 is 1.41 bits per heavy atom. The van der Waals surface area contributed by atoms with Crippen molar-refractivity contribution in [3.63, 3.8) is 0 Å². The smallest absolute Gasteiger partial charge is 0.321 e. The first-order chi connectivity index (χ1) is 7.88. The summed E-state index contributed by atoms with van der Waals surface area (Å²) in [6.07, 6.45) is 0. The lowest BCUT2D eigenvalue weighted by Gasteiger charge is -2.12. The van der Waals surface area contributed by atoms with Crippen LogP contribution in [0.2, 0.25) is 0 Å². The number of methoxy groups -OCH3 is 1. The van der Waals surface area contributed by atoms with E-state index >= 15 is 0 Å². The van der Waals surface area contributed by atoms with Crippen LogP contribution in [0.1, 0.15) is 6.92 Å². The summed E-state index contributed by atoms with van der Waals surface area (Å²) in [6, 6.07) is 4.78. The molecule has 1 aromatic carbocycles. The molecule has 0 heterocycles. The molecule has 0 bridgehead atoms. The van der Waals surface area contributed by atoms with E-state index in [1.54, 1.807) is 6.07 Å². The Balaban J connectivity index is 3.09. The number of aliphatic carboxylic acids is 1.